The molecule has 0 unspecified atom stereocenters. The van der Waals surface area contributed by atoms with Crippen molar-refractivity contribution in [2.45, 2.75) is 0 Å². The van der Waals surface area contributed by atoms with Crippen LogP contribution >= 0.6 is 16.5 Å². The van der Waals surface area contributed by atoms with Gasteiger partial charge in [-0.05, 0) is 0 Å². The van der Waals surface area contributed by atoms with Crippen molar-refractivity contribution >= 4 is 16.5 Å². The standard InChI is InChI=1S/C6H19FN4P2/c1-9(2)13(7,8-12,10(3)4)11(5)6/h12H,1-6H3. The van der Waals surface area contributed by atoms with Crippen molar-refractivity contribution < 1.29 is 4.20 Å². The molecule has 0 aromatic carbocycles. The first-order chi connectivity index (χ1) is 5.71. The van der Waals surface area contributed by atoms with Crippen LogP contribution in [0.4, 0.5) is 4.20 Å². The van der Waals surface area contributed by atoms with Gasteiger partial charge in [0.1, 0.15) is 0 Å². The average Bonchev–Trinajstić information content (AvgIpc) is 2.01. The van der Waals surface area contributed by atoms with Crippen molar-refractivity contribution in [3.8, 4) is 0 Å². The van der Waals surface area contributed by atoms with Crippen LogP contribution in [0.15, 0.2) is 4.52 Å². The number of rotatable bonds is 4. The Balaban J connectivity index is 5.46. The molecule has 0 aromatic heterocycles. The van der Waals surface area contributed by atoms with Crippen molar-refractivity contribution in [1.82, 2.24) is 14.0 Å². The van der Waals surface area contributed by atoms with Gasteiger partial charge in [-0.3, -0.25) is 0 Å². The van der Waals surface area contributed by atoms with E-state index >= 15 is 0 Å². The fraction of sp³-hybridized carbons (Fsp3) is 1.00. The van der Waals surface area contributed by atoms with E-state index in [-0.39, 0.29) is 0 Å². The molecule has 4 nitrogen and oxygen atoms in total. The predicted octanol–water partition coefficient (Wildman–Crippen LogP) is 2.10. The van der Waals surface area contributed by atoms with Crippen molar-refractivity contribution in [3.63, 3.8) is 0 Å². The van der Waals surface area contributed by atoms with Gasteiger partial charge in [0.05, 0.1) is 0 Å². The molecule has 0 aliphatic heterocycles. The molecule has 13 heavy (non-hydrogen) atoms. The van der Waals surface area contributed by atoms with Crippen LogP contribution in [0.3, 0.4) is 0 Å². The zero-order valence-electron chi connectivity index (χ0n) is 9.11. The van der Waals surface area contributed by atoms with Gasteiger partial charge in [-0.15, -0.1) is 0 Å². The normalized spacial score (nSPS) is 16.3. The van der Waals surface area contributed by atoms with Gasteiger partial charge >= 0.3 is 81.6 Å². The van der Waals surface area contributed by atoms with E-state index < -0.39 is 7.52 Å². The minimum atomic E-state index is -3.94. The quantitative estimate of drug-likeness (QED) is 0.688. The Kier molecular flexibility index (Phi) is 3.94. The second-order valence-corrected chi connectivity index (χ2v) is 8.36. The van der Waals surface area contributed by atoms with Crippen molar-refractivity contribution in [3.05, 3.63) is 0 Å². The molecular weight excluding hydrogens is 209 g/mol. The zero-order chi connectivity index (χ0) is 10.9. The number of hydrogen-bond acceptors (Lipinski definition) is 4. The number of halogens is 1. The summed E-state index contributed by atoms with van der Waals surface area (Å²) in [6, 6.07) is 0. The molecule has 80 valence electrons. The topological polar surface area (TPSA) is 22.1 Å². The summed E-state index contributed by atoms with van der Waals surface area (Å²) in [5.41, 5.74) is 0. The Hall–Kier alpha value is 0.340. The van der Waals surface area contributed by atoms with E-state index in [1.807, 2.05) is 0 Å². The third-order valence-corrected chi connectivity index (χ3v) is 7.74. The first kappa shape index (κ1) is 13.3. The molecule has 0 fully saturated rings. The van der Waals surface area contributed by atoms with Crippen LogP contribution in [-0.2, 0) is 0 Å². The number of hydrogen-bond donors (Lipinski definition) is 0. The van der Waals surface area contributed by atoms with Gasteiger partial charge in [0.15, 0.2) is 0 Å². The summed E-state index contributed by atoms with van der Waals surface area (Å²) in [5, 5.41) is 0. The van der Waals surface area contributed by atoms with E-state index in [0.717, 1.165) is 0 Å². The van der Waals surface area contributed by atoms with Gasteiger partial charge in [-0.2, -0.15) is 0 Å². The Morgan fingerprint density at radius 1 is 0.923 bits per heavy atom. The van der Waals surface area contributed by atoms with Gasteiger partial charge in [-0.1, -0.05) is 0 Å². The van der Waals surface area contributed by atoms with Gasteiger partial charge in [-0.25, -0.2) is 0 Å². The summed E-state index contributed by atoms with van der Waals surface area (Å²) in [6.45, 7) is 0. The monoisotopic (exact) mass is 228 g/mol. The van der Waals surface area contributed by atoms with E-state index in [1.165, 1.54) is 14.0 Å². The van der Waals surface area contributed by atoms with Crippen LogP contribution < -0.4 is 0 Å². The summed E-state index contributed by atoms with van der Waals surface area (Å²) in [7, 11) is 9.12. The third-order valence-electron chi connectivity index (χ3n) is 2.24. The molecule has 0 aliphatic rings. The second kappa shape index (κ2) is 3.84. The van der Waals surface area contributed by atoms with Crippen LogP contribution in [0.5, 0.6) is 0 Å². The Morgan fingerprint density at radius 3 is 1.15 bits per heavy atom. The van der Waals surface area contributed by atoms with Crippen LogP contribution in [0.1, 0.15) is 0 Å². The Bertz CT molecular complexity index is 182. The molecule has 0 radical (unpaired) electrons. The first-order valence-electron chi connectivity index (χ1n) is 3.88. The predicted molar refractivity (Wildman–Crippen MR) is 59.8 cm³/mol. The van der Waals surface area contributed by atoms with Gasteiger partial charge < -0.3 is 0 Å². The van der Waals surface area contributed by atoms with Crippen LogP contribution in [0.25, 0.3) is 0 Å². The minimum absolute atomic E-state index is 1.51. The summed E-state index contributed by atoms with van der Waals surface area (Å²) in [6.07, 6.45) is 0. The fourth-order valence-electron chi connectivity index (χ4n) is 1.34. The van der Waals surface area contributed by atoms with Crippen LogP contribution in [0, 0.1) is 0 Å². The second-order valence-electron chi connectivity index (χ2n) is 3.48. The molecule has 0 aliphatic carbocycles. The van der Waals surface area contributed by atoms with Gasteiger partial charge in [0.2, 0.25) is 0 Å². The number of nitrogens with zero attached hydrogens (tertiary/aromatic N) is 4. The van der Waals surface area contributed by atoms with Crippen molar-refractivity contribution in [2.75, 3.05) is 42.3 Å². The van der Waals surface area contributed by atoms with E-state index in [4.69, 9.17) is 0 Å². The average molecular weight is 228 g/mol. The fourth-order valence-corrected chi connectivity index (χ4v) is 5.63. The van der Waals surface area contributed by atoms with Crippen molar-refractivity contribution in [1.29, 1.82) is 0 Å². The maximum atomic E-state index is 15.0. The Morgan fingerprint density at radius 2 is 1.15 bits per heavy atom. The molecule has 0 spiro atoms. The van der Waals surface area contributed by atoms with Gasteiger partial charge in [0.25, 0.3) is 0 Å². The molecule has 0 N–H and O–H groups in total. The summed E-state index contributed by atoms with van der Waals surface area (Å²) < 4.78 is 23.3. The summed E-state index contributed by atoms with van der Waals surface area (Å²) >= 11 is 0. The molecular formula is C6H19FN4P2. The molecule has 0 saturated carbocycles. The zero-order valence-corrected chi connectivity index (χ0v) is 11.0. The molecule has 0 amide bonds. The van der Waals surface area contributed by atoms with E-state index in [1.54, 1.807) is 42.3 Å². The van der Waals surface area contributed by atoms with Crippen LogP contribution in [0.2, 0.25) is 0 Å². The molecule has 0 aromatic rings. The third kappa shape index (κ3) is 1.64. The molecule has 0 atom stereocenters. The molecule has 0 bridgehead atoms. The molecule has 0 saturated heterocycles. The van der Waals surface area contributed by atoms with E-state index in [2.05, 4.69) is 13.5 Å². The molecule has 0 rings (SSSR count). The van der Waals surface area contributed by atoms with E-state index in [0.29, 0.717) is 0 Å². The van der Waals surface area contributed by atoms with Crippen molar-refractivity contribution in [2.24, 2.45) is 4.52 Å². The summed E-state index contributed by atoms with van der Waals surface area (Å²) in [4.78, 5) is 0. The maximum absolute atomic E-state index is 15.0. The summed E-state index contributed by atoms with van der Waals surface area (Å²) in [5.74, 6) is 0. The van der Waals surface area contributed by atoms with Crippen LogP contribution in [-0.4, -0.2) is 56.3 Å². The van der Waals surface area contributed by atoms with E-state index in [9.17, 15) is 4.20 Å². The molecule has 0 heterocycles. The first-order valence-corrected chi connectivity index (χ1v) is 6.26. The van der Waals surface area contributed by atoms with Gasteiger partial charge in [0, 0.05) is 0 Å². The SMILES string of the molecule is CN(C)P(F)(N=P)(N(C)C)N(C)C. The molecule has 7 heteroatoms. The Labute approximate surface area is 82.3 Å².